The van der Waals surface area contributed by atoms with Crippen LogP contribution in [-0.4, -0.2) is 16.6 Å². The summed E-state index contributed by atoms with van der Waals surface area (Å²) in [6, 6.07) is 8.25. The Morgan fingerprint density at radius 3 is 2.50 bits per heavy atom. The minimum Gasteiger partial charge on any atom is -0.313 e. The van der Waals surface area contributed by atoms with Gasteiger partial charge in [0.25, 0.3) is 0 Å². The van der Waals surface area contributed by atoms with E-state index in [-0.39, 0.29) is 5.69 Å². The van der Waals surface area contributed by atoms with Gasteiger partial charge in [0.1, 0.15) is 0 Å². The molecule has 0 amide bonds. The Kier molecular flexibility index (Phi) is 2.92. The van der Waals surface area contributed by atoms with E-state index in [2.05, 4.69) is 17.2 Å². The van der Waals surface area contributed by atoms with E-state index in [9.17, 15) is 4.79 Å². The van der Waals surface area contributed by atoms with E-state index >= 15 is 0 Å². The van der Waals surface area contributed by atoms with Gasteiger partial charge in [0, 0.05) is 18.4 Å². The smallest absolute Gasteiger partial charge is 0.313 e. The highest BCUT2D eigenvalue weighted by atomic mass is 16.1. The summed E-state index contributed by atoms with van der Waals surface area (Å²) in [7, 11) is 1.93. The number of rotatable bonds is 3. The minimum atomic E-state index is -0.116. The predicted molar refractivity (Wildman–Crippen MR) is 63.9 cm³/mol. The number of benzene rings is 1. The van der Waals surface area contributed by atoms with Crippen molar-refractivity contribution < 1.29 is 0 Å². The van der Waals surface area contributed by atoms with Crippen LogP contribution in [0.4, 0.5) is 0 Å². The molecular weight excluding hydrogens is 202 g/mol. The second-order valence-corrected chi connectivity index (χ2v) is 3.74. The van der Waals surface area contributed by atoms with Gasteiger partial charge in [-0.05, 0) is 31.7 Å². The third-order valence-electron chi connectivity index (χ3n) is 2.75. The van der Waals surface area contributed by atoms with Crippen molar-refractivity contribution in [3.63, 3.8) is 0 Å². The van der Waals surface area contributed by atoms with E-state index < -0.39 is 0 Å². The lowest BCUT2D eigenvalue weighted by Gasteiger charge is -2.11. The largest absolute Gasteiger partial charge is 0.330 e. The number of aromatic nitrogens is 2. The van der Waals surface area contributed by atoms with Gasteiger partial charge >= 0.3 is 5.69 Å². The molecule has 1 heterocycles. The average Bonchev–Trinajstić information content (AvgIpc) is 2.75. The van der Waals surface area contributed by atoms with E-state index in [0.717, 1.165) is 5.69 Å². The van der Waals surface area contributed by atoms with Gasteiger partial charge < -0.3 is 10.3 Å². The molecule has 16 heavy (non-hydrogen) atoms. The Balaban J connectivity index is 2.33. The highest BCUT2D eigenvalue weighted by Gasteiger charge is 2.03. The van der Waals surface area contributed by atoms with Crippen LogP contribution in [0.15, 0.2) is 41.5 Å². The van der Waals surface area contributed by atoms with Crippen LogP contribution >= 0.6 is 0 Å². The van der Waals surface area contributed by atoms with Gasteiger partial charge in [-0.1, -0.05) is 12.1 Å². The van der Waals surface area contributed by atoms with Gasteiger partial charge in [0.05, 0.1) is 5.69 Å². The number of aromatic amines is 1. The van der Waals surface area contributed by atoms with Crippen LogP contribution in [0.2, 0.25) is 0 Å². The zero-order valence-corrected chi connectivity index (χ0v) is 9.40. The fourth-order valence-electron chi connectivity index (χ4n) is 1.61. The summed E-state index contributed by atoms with van der Waals surface area (Å²) in [5.74, 6) is 0. The van der Waals surface area contributed by atoms with Crippen molar-refractivity contribution in [3.8, 4) is 5.69 Å². The molecule has 0 aliphatic heterocycles. The van der Waals surface area contributed by atoms with Gasteiger partial charge in [-0.3, -0.25) is 4.57 Å². The van der Waals surface area contributed by atoms with Crippen LogP contribution < -0.4 is 11.0 Å². The Bertz CT molecular complexity index is 510. The van der Waals surface area contributed by atoms with Crippen molar-refractivity contribution in [1.29, 1.82) is 0 Å². The van der Waals surface area contributed by atoms with Gasteiger partial charge in [-0.2, -0.15) is 0 Å². The van der Waals surface area contributed by atoms with Crippen LogP contribution in [0.5, 0.6) is 0 Å². The van der Waals surface area contributed by atoms with Gasteiger partial charge in [0.15, 0.2) is 0 Å². The third kappa shape index (κ3) is 1.92. The van der Waals surface area contributed by atoms with E-state index in [1.807, 2.05) is 31.3 Å². The maximum atomic E-state index is 11.4. The predicted octanol–water partition coefficient (Wildman–Crippen LogP) is 1.45. The molecule has 4 heteroatoms. The van der Waals surface area contributed by atoms with E-state index in [4.69, 9.17) is 0 Å². The molecule has 4 nitrogen and oxygen atoms in total. The maximum Gasteiger partial charge on any atom is 0.330 e. The topological polar surface area (TPSA) is 49.8 Å². The average molecular weight is 217 g/mol. The molecule has 2 N–H and O–H groups in total. The molecule has 1 aromatic heterocycles. The lowest BCUT2D eigenvalue weighted by molar-refractivity contribution is 0.652. The fraction of sp³-hybridized carbons (Fsp3) is 0.250. The van der Waals surface area contributed by atoms with Crippen molar-refractivity contribution in [2.45, 2.75) is 13.0 Å². The summed E-state index contributed by atoms with van der Waals surface area (Å²) in [5, 5.41) is 3.17. The molecule has 0 aliphatic rings. The molecule has 0 saturated carbocycles. The Labute approximate surface area is 93.9 Å². The van der Waals surface area contributed by atoms with Gasteiger partial charge in [-0.15, -0.1) is 0 Å². The Hall–Kier alpha value is -1.81. The molecule has 84 valence electrons. The van der Waals surface area contributed by atoms with Crippen molar-refractivity contribution in [2.75, 3.05) is 7.05 Å². The number of hydrogen-bond acceptors (Lipinski definition) is 2. The molecule has 1 unspecified atom stereocenters. The second-order valence-electron chi connectivity index (χ2n) is 3.74. The number of hydrogen-bond donors (Lipinski definition) is 2. The monoisotopic (exact) mass is 217 g/mol. The molecule has 1 atom stereocenters. The summed E-state index contributed by atoms with van der Waals surface area (Å²) >= 11 is 0. The molecule has 0 radical (unpaired) electrons. The number of nitrogens with zero attached hydrogens (tertiary/aromatic N) is 1. The normalized spacial score (nSPS) is 12.6. The first kappa shape index (κ1) is 10.7. The van der Waals surface area contributed by atoms with Crippen LogP contribution in [0.3, 0.4) is 0 Å². The molecule has 0 saturated heterocycles. The van der Waals surface area contributed by atoms with Crippen molar-refractivity contribution >= 4 is 0 Å². The van der Waals surface area contributed by atoms with Gasteiger partial charge in [0.2, 0.25) is 0 Å². The molecule has 0 bridgehead atoms. The molecule has 0 fully saturated rings. The second kappa shape index (κ2) is 4.37. The maximum absolute atomic E-state index is 11.4. The molecule has 1 aromatic carbocycles. The van der Waals surface area contributed by atoms with E-state index in [1.165, 1.54) is 5.56 Å². The molecule has 0 aliphatic carbocycles. The summed E-state index contributed by atoms with van der Waals surface area (Å²) in [6.07, 6.45) is 3.35. The first-order valence-corrected chi connectivity index (χ1v) is 5.26. The summed E-state index contributed by atoms with van der Waals surface area (Å²) in [6.45, 7) is 2.09. The first-order chi connectivity index (χ1) is 7.72. The summed E-state index contributed by atoms with van der Waals surface area (Å²) in [4.78, 5) is 14.0. The van der Waals surface area contributed by atoms with Crippen molar-refractivity contribution in [2.24, 2.45) is 0 Å². The third-order valence-corrected chi connectivity index (χ3v) is 2.75. The molecule has 2 aromatic rings. The van der Waals surface area contributed by atoms with E-state index in [0.29, 0.717) is 6.04 Å². The first-order valence-electron chi connectivity index (χ1n) is 5.26. The van der Waals surface area contributed by atoms with Crippen molar-refractivity contribution in [3.05, 3.63) is 52.7 Å². The zero-order valence-electron chi connectivity index (χ0n) is 9.40. The molecular formula is C12H15N3O. The lowest BCUT2D eigenvalue weighted by Crippen LogP contribution is -2.15. The summed E-state index contributed by atoms with van der Waals surface area (Å²) < 4.78 is 1.58. The van der Waals surface area contributed by atoms with Gasteiger partial charge in [-0.25, -0.2) is 4.79 Å². The van der Waals surface area contributed by atoms with Crippen LogP contribution in [0.25, 0.3) is 5.69 Å². The number of H-pyrrole nitrogens is 1. The fourth-order valence-corrected chi connectivity index (χ4v) is 1.61. The summed E-state index contributed by atoms with van der Waals surface area (Å²) in [5.41, 5.74) is 1.96. The Morgan fingerprint density at radius 1 is 1.31 bits per heavy atom. The Morgan fingerprint density at radius 2 is 2.00 bits per heavy atom. The van der Waals surface area contributed by atoms with Crippen LogP contribution in [0, 0.1) is 0 Å². The minimum absolute atomic E-state index is 0.116. The van der Waals surface area contributed by atoms with Crippen LogP contribution in [-0.2, 0) is 0 Å². The highest BCUT2D eigenvalue weighted by molar-refractivity contribution is 5.35. The quantitative estimate of drug-likeness (QED) is 0.817. The standard InChI is InChI=1S/C12H15N3O/c1-9(13-2)10-3-5-11(6-4-10)15-8-7-14-12(15)16/h3-9,13H,1-2H3,(H,14,16). The number of nitrogens with one attached hydrogen (secondary N) is 2. The zero-order chi connectivity index (χ0) is 11.5. The SMILES string of the molecule is CNC(C)c1ccc(-n2cc[nH]c2=O)cc1. The van der Waals surface area contributed by atoms with Crippen LogP contribution in [0.1, 0.15) is 18.5 Å². The highest BCUT2D eigenvalue weighted by Crippen LogP contribution is 2.14. The number of imidazole rings is 1. The van der Waals surface area contributed by atoms with E-state index in [1.54, 1.807) is 17.0 Å². The van der Waals surface area contributed by atoms with Crippen molar-refractivity contribution in [1.82, 2.24) is 14.9 Å². The molecule has 0 spiro atoms. The molecule has 2 rings (SSSR count). The lowest BCUT2D eigenvalue weighted by atomic mass is 10.1.